The van der Waals surface area contributed by atoms with Crippen LogP contribution in [0.4, 0.5) is 11.5 Å². The quantitative estimate of drug-likeness (QED) is 0.521. The molecule has 0 radical (unpaired) electrons. The van der Waals surface area contributed by atoms with Gasteiger partial charge in [-0.25, -0.2) is 4.98 Å². The van der Waals surface area contributed by atoms with Crippen LogP contribution in [0.3, 0.4) is 0 Å². The first-order valence-electron chi connectivity index (χ1n) is 5.19. The molecule has 7 heteroatoms. The zero-order valence-electron chi connectivity index (χ0n) is 9.46. The molecule has 0 amide bonds. The summed E-state index contributed by atoms with van der Waals surface area (Å²) in [5, 5.41) is 14.0. The summed E-state index contributed by atoms with van der Waals surface area (Å²) in [5.74, 6) is 0.780. The number of nitro groups is 1. The molecule has 0 spiro atoms. The number of pyridine rings is 1. The molecule has 1 N–H and O–H groups in total. The van der Waals surface area contributed by atoms with E-state index < -0.39 is 4.92 Å². The van der Waals surface area contributed by atoms with Gasteiger partial charge in [0.25, 0.3) is 0 Å². The van der Waals surface area contributed by atoms with E-state index in [1.807, 2.05) is 6.92 Å². The van der Waals surface area contributed by atoms with Gasteiger partial charge in [-0.3, -0.25) is 10.1 Å². The normalized spacial score (nSPS) is 12.1. The highest BCUT2D eigenvalue weighted by atomic mass is 35.5. The van der Waals surface area contributed by atoms with Crippen molar-refractivity contribution in [3.63, 3.8) is 0 Å². The summed E-state index contributed by atoms with van der Waals surface area (Å²) in [6.45, 7) is 1.81. The number of nitrogens with zero attached hydrogens (tertiary/aromatic N) is 2. The smallest absolute Gasteiger partial charge is 0.311 e. The Morgan fingerprint density at radius 3 is 2.89 bits per heavy atom. The van der Waals surface area contributed by atoms with Gasteiger partial charge in [0.05, 0.1) is 17.2 Å². The Morgan fingerprint density at radius 2 is 2.28 bits per heavy atom. The Balaban J connectivity index is 2.28. The first-order chi connectivity index (χ1) is 8.58. The Kier molecular flexibility index (Phi) is 3.47. The summed E-state index contributed by atoms with van der Waals surface area (Å²) in [5.41, 5.74) is -0.127. The van der Waals surface area contributed by atoms with Gasteiger partial charge < -0.3 is 9.73 Å². The minimum Gasteiger partial charge on any atom is -0.467 e. The molecule has 94 valence electrons. The van der Waals surface area contributed by atoms with E-state index in [4.69, 9.17) is 16.0 Å². The summed E-state index contributed by atoms with van der Waals surface area (Å²) in [4.78, 5) is 14.3. The van der Waals surface area contributed by atoms with Crippen LogP contribution in [-0.2, 0) is 0 Å². The molecule has 2 aromatic heterocycles. The van der Waals surface area contributed by atoms with Crippen molar-refractivity contribution in [1.82, 2.24) is 4.98 Å². The van der Waals surface area contributed by atoms with Crippen molar-refractivity contribution in [2.24, 2.45) is 0 Å². The molecule has 18 heavy (non-hydrogen) atoms. The first-order valence-corrected chi connectivity index (χ1v) is 5.56. The average Bonchev–Trinajstić information content (AvgIpc) is 2.81. The zero-order valence-corrected chi connectivity index (χ0v) is 10.2. The van der Waals surface area contributed by atoms with Crippen molar-refractivity contribution in [2.75, 3.05) is 5.32 Å². The summed E-state index contributed by atoms with van der Waals surface area (Å²) in [6.07, 6.45) is 1.54. The van der Waals surface area contributed by atoms with Crippen molar-refractivity contribution < 1.29 is 9.34 Å². The van der Waals surface area contributed by atoms with Crippen molar-refractivity contribution in [1.29, 1.82) is 0 Å². The topological polar surface area (TPSA) is 81.2 Å². The molecule has 1 unspecified atom stereocenters. The van der Waals surface area contributed by atoms with Gasteiger partial charge in [-0.15, -0.1) is 0 Å². The molecule has 0 fully saturated rings. The number of furan rings is 1. The van der Waals surface area contributed by atoms with Crippen LogP contribution < -0.4 is 5.32 Å². The zero-order chi connectivity index (χ0) is 13.1. The molecule has 0 aliphatic rings. The Morgan fingerprint density at radius 1 is 1.50 bits per heavy atom. The van der Waals surface area contributed by atoms with Crippen LogP contribution in [0.2, 0.25) is 5.15 Å². The maximum atomic E-state index is 10.9. The molecule has 0 aliphatic heterocycles. The van der Waals surface area contributed by atoms with Gasteiger partial charge in [-0.05, 0) is 25.1 Å². The molecule has 2 aromatic rings. The lowest BCUT2D eigenvalue weighted by Crippen LogP contribution is -2.09. The Hall–Kier alpha value is -2.08. The minimum atomic E-state index is -0.513. The molecule has 6 nitrogen and oxygen atoms in total. The number of hydrogen-bond donors (Lipinski definition) is 1. The summed E-state index contributed by atoms with van der Waals surface area (Å²) in [6, 6.07) is 5.96. The Labute approximate surface area is 108 Å². The van der Waals surface area contributed by atoms with Gasteiger partial charge in [-0.2, -0.15) is 0 Å². The van der Waals surface area contributed by atoms with Gasteiger partial charge >= 0.3 is 5.69 Å². The minimum absolute atomic E-state index is 0.122. The summed E-state index contributed by atoms with van der Waals surface area (Å²) >= 11 is 5.73. The van der Waals surface area contributed by atoms with Crippen LogP contribution in [0.25, 0.3) is 0 Å². The third-order valence-corrected chi connectivity index (χ3v) is 2.57. The van der Waals surface area contributed by atoms with E-state index in [9.17, 15) is 10.1 Å². The molecule has 0 saturated carbocycles. The Bertz CT molecular complexity index is 557. The van der Waals surface area contributed by atoms with E-state index in [0.717, 1.165) is 0 Å². The van der Waals surface area contributed by atoms with E-state index >= 15 is 0 Å². The standard InChI is InChI=1S/C11H10ClN3O3/c1-7(9-3-2-6-18-9)13-11-8(15(16)17)4-5-10(12)14-11/h2-7H,1H3,(H,13,14). The predicted octanol–water partition coefficient (Wildman–Crippen LogP) is 3.41. The van der Waals surface area contributed by atoms with Gasteiger partial charge in [0.1, 0.15) is 10.9 Å². The van der Waals surface area contributed by atoms with E-state index in [1.54, 1.807) is 12.1 Å². The molecule has 0 aromatic carbocycles. The largest absolute Gasteiger partial charge is 0.467 e. The van der Waals surface area contributed by atoms with Crippen LogP contribution in [0, 0.1) is 10.1 Å². The SMILES string of the molecule is CC(Nc1nc(Cl)ccc1[N+](=O)[O-])c1ccco1. The second kappa shape index (κ2) is 5.05. The van der Waals surface area contributed by atoms with Crippen molar-refractivity contribution in [3.05, 3.63) is 51.6 Å². The van der Waals surface area contributed by atoms with Gasteiger partial charge in [0.2, 0.25) is 5.82 Å². The molecule has 2 rings (SSSR count). The van der Waals surface area contributed by atoms with Crippen LogP contribution in [-0.4, -0.2) is 9.91 Å². The maximum absolute atomic E-state index is 10.9. The second-order valence-corrected chi connectivity index (χ2v) is 4.03. The fourth-order valence-corrected chi connectivity index (χ4v) is 1.64. The molecule has 2 heterocycles. The number of halogens is 1. The highest BCUT2D eigenvalue weighted by Gasteiger charge is 2.18. The fourth-order valence-electron chi connectivity index (χ4n) is 1.50. The highest BCUT2D eigenvalue weighted by Crippen LogP contribution is 2.27. The number of aromatic nitrogens is 1. The second-order valence-electron chi connectivity index (χ2n) is 3.64. The third-order valence-electron chi connectivity index (χ3n) is 2.36. The monoisotopic (exact) mass is 267 g/mol. The summed E-state index contributed by atoms with van der Waals surface area (Å²) < 4.78 is 5.20. The number of nitrogens with one attached hydrogen (secondary N) is 1. The van der Waals surface area contributed by atoms with Crippen molar-refractivity contribution in [2.45, 2.75) is 13.0 Å². The molecular weight excluding hydrogens is 258 g/mol. The maximum Gasteiger partial charge on any atom is 0.311 e. The van der Waals surface area contributed by atoms with Crippen LogP contribution in [0.1, 0.15) is 18.7 Å². The van der Waals surface area contributed by atoms with Crippen LogP contribution in [0.15, 0.2) is 34.9 Å². The van der Waals surface area contributed by atoms with E-state index in [-0.39, 0.29) is 22.7 Å². The number of anilines is 1. The average molecular weight is 268 g/mol. The lowest BCUT2D eigenvalue weighted by Gasteiger charge is -2.12. The third kappa shape index (κ3) is 2.60. The van der Waals surface area contributed by atoms with Crippen LogP contribution in [0.5, 0.6) is 0 Å². The number of rotatable bonds is 4. The van der Waals surface area contributed by atoms with E-state index in [1.165, 1.54) is 18.4 Å². The van der Waals surface area contributed by atoms with Gasteiger partial charge in [-0.1, -0.05) is 11.6 Å². The molecule has 0 bridgehead atoms. The van der Waals surface area contributed by atoms with E-state index in [2.05, 4.69) is 10.3 Å². The fraction of sp³-hybridized carbons (Fsp3) is 0.182. The van der Waals surface area contributed by atoms with Gasteiger partial charge in [0.15, 0.2) is 0 Å². The lowest BCUT2D eigenvalue weighted by molar-refractivity contribution is -0.384. The van der Waals surface area contributed by atoms with Crippen LogP contribution >= 0.6 is 11.6 Å². The molecular formula is C11H10ClN3O3. The highest BCUT2D eigenvalue weighted by molar-refractivity contribution is 6.29. The van der Waals surface area contributed by atoms with Crippen molar-refractivity contribution >= 4 is 23.1 Å². The molecule has 1 atom stereocenters. The summed E-state index contributed by atoms with van der Waals surface area (Å²) in [7, 11) is 0. The first kappa shape index (κ1) is 12.4. The predicted molar refractivity (Wildman–Crippen MR) is 66.6 cm³/mol. The molecule has 0 aliphatic carbocycles. The molecule has 0 saturated heterocycles. The van der Waals surface area contributed by atoms with E-state index in [0.29, 0.717) is 5.76 Å². The lowest BCUT2D eigenvalue weighted by atomic mass is 10.2. The number of hydrogen-bond acceptors (Lipinski definition) is 5. The van der Waals surface area contributed by atoms with Crippen molar-refractivity contribution in [3.8, 4) is 0 Å². The van der Waals surface area contributed by atoms with Gasteiger partial charge in [0, 0.05) is 6.07 Å².